The van der Waals surface area contributed by atoms with E-state index in [1.807, 2.05) is 0 Å². The number of aliphatic carboxylic acids is 1. The maximum atomic E-state index is 12.4. The molecule has 3 aliphatic heterocycles. The number of hydrogen-bond acceptors (Lipinski definition) is 6. The molecule has 0 bridgehead atoms. The Balaban J connectivity index is 0.00000225. The number of hydrogen-bond donors (Lipinski definition) is 1. The summed E-state index contributed by atoms with van der Waals surface area (Å²) in [4.78, 5) is 24.7. The molecular formula is C12H14NNaO5S. The van der Waals surface area contributed by atoms with Gasteiger partial charge in [-0.3, -0.25) is 9.69 Å². The number of fused-ring (bicyclic) bond motifs is 1. The minimum atomic E-state index is -3.38. The maximum absolute atomic E-state index is 12.4. The second-order valence-electron chi connectivity index (χ2n) is 4.41. The molecule has 3 rings (SSSR count). The SMILES string of the molecule is [2H]C([2H])([2H])[C@@]([2H])(O)[C@@]1([2H])C(=O)N2C(C(=O)[O-])=C([C@H]3CCCO3)S[C@@H]21.[Na+]. The van der Waals surface area contributed by atoms with Crippen molar-refractivity contribution in [3.8, 4) is 0 Å². The molecule has 3 heterocycles. The third-order valence-corrected chi connectivity index (χ3v) is 4.69. The Morgan fingerprint density at radius 3 is 3.10 bits per heavy atom. The van der Waals surface area contributed by atoms with Crippen LogP contribution in [-0.4, -0.2) is 46.0 Å². The summed E-state index contributed by atoms with van der Waals surface area (Å²) in [5.74, 6) is -5.61. The molecule has 0 aromatic heterocycles. The topological polar surface area (TPSA) is 89.9 Å². The average molecular weight is 312 g/mol. The van der Waals surface area contributed by atoms with Crippen molar-refractivity contribution < 1.29 is 61.0 Å². The number of carbonyl (C=O) groups is 2. The van der Waals surface area contributed by atoms with Gasteiger partial charge in [0.25, 0.3) is 0 Å². The van der Waals surface area contributed by atoms with E-state index in [4.69, 9.17) is 11.6 Å². The summed E-state index contributed by atoms with van der Waals surface area (Å²) in [6.45, 7) is -2.90. The zero-order valence-electron chi connectivity index (χ0n) is 15.7. The zero-order chi connectivity index (χ0) is 18.1. The molecule has 0 unspecified atom stereocenters. The Labute approximate surface area is 149 Å². The summed E-state index contributed by atoms with van der Waals surface area (Å²) < 4.78 is 43.0. The average Bonchev–Trinajstić information content (AvgIpc) is 3.10. The van der Waals surface area contributed by atoms with Crippen molar-refractivity contribution in [3.63, 3.8) is 0 Å². The number of amides is 1. The molecule has 0 saturated carbocycles. The number of carboxylic acid groups (broad SMARTS) is 1. The van der Waals surface area contributed by atoms with Crippen LogP contribution in [0.3, 0.4) is 0 Å². The Bertz CT molecular complexity index is 650. The minimum Gasteiger partial charge on any atom is -0.543 e. The van der Waals surface area contributed by atoms with E-state index in [0.29, 0.717) is 19.4 Å². The van der Waals surface area contributed by atoms with Gasteiger partial charge in [-0.05, 0) is 19.7 Å². The summed E-state index contributed by atoms with van der Waals surface area (Å²) in [5, 5.41) is 20.2. The second-order valence-corrected chi connectivity index (χ2v) is 5.53. The van der Waals surface area contributed by atoms with E-state index < -0.39 is 47.9 Å². The molecule has 0 spiro atoms. The van der Waals surface area contributed by atoms with Crippen molar-refractivity contribution in [2.24, 2.45) is 5.89 Å². The Kier molecular flexibility index (Phi) is 3.18. The van der Waals surface area contributed by atoms with Crippen molar-refractivity contribution in [1.29, 1.82) is 0 Å². The van der Waals surface area contributed by atoms with Crippen LogP contribution < -0.4 is 34.7 Å². The van der Waals surface area contributed by atoms with Gasteiger partial charge in [0.2, 0.25) is 5.91 Å². The standard InChI is InChI=1S/C12H15NO5S.Na/c1-5(14)7-10(15)13-8(12(16)17)9(19-11(7)13)6-3-2-4-18-6;/h5-7,11,14H,2-4H2,1H3,(H,16,17);/q;+1/p-1/t5-,6-,7+,11-;/m1./s1/i1D3,5D,7D;. The van der Waals surface area contributed by atoms with Gasteiger partial charge in [0.05, 0.1) is 31.1 Å². The summed E-state index contributed by atoms with van der Waals surface area (Å²) in [5.41, 5.74) is -0.467. The summed E-state index contributed by atoms with van der Waals surface area (Å²) in [6, 6.07) is 0. The summed E-state index contributed by atoms with van der Waals surface area (Å²) >= 11 is 0.769. The second kappa shape index (κ2) is 5.98. The fourth-order valence-electron chi connectivity index (χ4n) is 2.46. The first-order chi connectivity index (χ1) is 10.9. The molecule has 1 N–H and O–H groups in total. The van der Waals surface area contributed by atoms with Gasteiger partial charge in [0.15, 0.2) is 0 Å². The number of ether oxygens (including phenoxy) is 1. The number of aliphatic hydroxyl groups is 1. The Hall–Kier alpha value is -0.0500. The molecule has 2 saturated heterocycles. The smallest absolute Gasteiger partial charge is 0.543 e. The van der Waals surface area contributed by atoms with E-state index in [1.54, 1.807) is 0 Å². The van der Waals surface area contributed by atoms with Crippen molar-refractivity contribution in [3.05, 3.63) is 10.6 Å². The zero-order valence-corrected chi connectivity index (χ0v) is 13.5. The van der Waals surface area contributed by atoms with Crippen LogP contribution in [0, 0.1) is 5.89 Å². The number of nitrogens with zero attached hydrogens (tertiary/aromatic N) is 1. The third-order valence-electron chi connectivity index (χ3n) is 3.31. The molecule has 3 aliphatic rings. The van der Waals surface area contributed by atoms with Crippen LogP contribution in [0.4, 0.5) is 0 Å². The monoisotopic (exact) mass is 312 g/mol. The van der Waals surface area contributed by atoms with E-state index in [9.17, 15) is 19.8 Å². The van der Waals surface area contributed by atoms with Gasteiger partial charge in [0, 0.05) is 17.0 Å². The van der Waals surface area contributed by atoms with Crippen molar-refractivity contribution in [2.45, 2.75) is 37.3 Å². The fraction of sp³-hybridized carbons (Fsp3) is 0.667. The van der Waals surface area contributed by atoms with Gasteiger partial charge in [-0.25, -0.2) is 0 Å². The molecule has 8 heteroatoms. The van der Waals surface area contributed by atoms with Gasteiger partial charge in [0.1, 0.15) is 5.37 Å². The van der Waals surface area contributed by atoms with Crippen LogP contribution in [0.1, 0.15) is 26.5 Å². The Morgan fingerprint density at radius 2 is 2.55 bits per heavy atom. The molecule has 6 nitrogen and oxygen atoms in total. The van der Waals surface area contributed by atoms with E-state index in [0.717, 1.165) is 16.7 Å². The van der Waals surface area contributed by atoms with Crippen molar-refractivity contribution in [2.75, 3.05) is 6.61 Å². The predicted octanol–water partition coefficient (Wildman–Crippen LogP) is -3.96. The van der Waals surface area contributed by atoms with E-state index in [-0.39, 0.29) is 34.5 Å². The largest absolute Gasteiger partial charge is 1.00 e. The number of β-lactam (4-membered cyclic amide) rings is 1. The predicted molar refractivity (Wildman–Crippen MR) is 64.4 cm³/mol. The van der Waals surface area contributed by atoms with E-state index in [2.05, 4.69) is 0 Å². The Morgan fingerprint density at radius 1 is 1.80 bits per heavy atom. The third kappa shape index (κ3) is 2.34. The van der Waals surface area contributed by atoms with Gasteiger partial charge >= 0.3 is 29.6 Å². The summed E-state index contributed by atoms with van der Waals surface area (Å²) in [7, 11) is 0. The first kappa shape index (κ1) is 10.6. The molecule has 1 amide bonds. The van der Waals surface area contributed by atoms with E-state index >= 15 is 0 Å². The molecule has 2 fully saturated rings. The first-order valence-electron chi connectivity index (χ1n) is 8.24. The van der Waals surface area contributed by atoms with Crippen LogP contribution in [0.5, 0.6) is 0 Å². The summed E-state index contributed by atoms with van der Waals surface area (Å²) in [6.07, 6.45) is -2.76. The molecule has 0 aromatic rings. The number of rotatable bonds is 3. The van der Waals surface area contributed by atoms with Crippen LogP contribution in [0.25, 0.3) is 0 Å². The molecule has 0 radical (unpaired) electrons. The van der Waals surface area contributed by atoms with Crippen LogP contribution >= 0.6 is 11.8 Å². The van der Waals surface area contributed by atoms with E-state index in [1.165, 1.54) is 0 Å². The maximum Gasteiger partial charge on any atom is 1.00 e. The van der Waals surface area contributed by atoms with Crippen LogP contribution in [-0.2, 0) is 14.3 Å². The molecule has 20 heavy (non-hydrogen) atoms. The van der Waals surface area contributed by atoms with Gasteiger partial charge in [-0.2, -0.15) is 0 Å². The molecule has 104 valence electrons. The first-order valence-corrected chi connectivity index (χ1v) is 6.62. The molecular weight excluding hydrogens is 293 g/mol. The van der Waals surface area contributed by atoms with Gasteiger partial charge in [-0.15, -0.1) is 0 Å². The normalized spacial score (nSPS) is 43.1. The van der Waals surface area contributed by atoms with Gasteiger partial charge in [-0.1, -0.05) is 11.8 Å². The molecule has 4 atom stereocenters. The quantitative estimate of drug-likeness (QED) is 0.422. The molecule has 0 aromatic carbocycles. The van der Waals surface area contributed by atoms with Crippen LogP contribution in [0.15, 0.2) is 10.6 Å². The number of carboxylic acids is 1. The van der Waals surface area contributed by atoms with Crippen molar-refractivity contribution >= 4 is 23.6 Å². The number of carbonyl (C=O) groups excluding carboxylic acids is 2. The van der Waals surface area contributed by atoms with Crippen molar-refractivity contribution in [1.82, 2.24) is 4.90 Å². The fourth-order valence-corrected chi connectivity index (χ4v) is 3.97. The van der Waals surface area contributed by atoms with Gasteiger partial charge < -0.3 is 19.7 Å². The molecule has 0 aliphatic carbocycles. The number of thioether (sulfide) groups is 1. The van der Waals surface area contributed by atoms with Crippen LogP contribution in [0.2, 0.25) is 0 Å². The minimum absolute atomic E-state index is 0.